The van der Waals surface area contributed by atoms with Crippen LogP contribution in [0.2, 0.25) is 0 Å². The van der Waals surface area contributed by atoms with Gasteiger partial charge in [0.05, 0.1) is 19.8 Å². The van der Waals surface area contributed by atoms with Crippen molar-refractivity contribution in [3.8, 4) is 0 Å². The van der Waals surface area contributed by atoms with Gasteiger partial charge in [-0.25, -0.2) is 4.79 Å². The minimum absolute atomic E-state index is 0.251. The lowest BCUT2D eigenvalue weighted by Crippen LogP contribution is -2.27. The van der Waals surface area contributed by atoms with E-state index >= 15 is 0 Å². The fourth-order valence-electron chi connectivity index (χ4n) is 2.06. The molecule has 0 aromatic carbocycles. The molecule has 1 aromatic heterocycles. The number of aryl methyl sites for hydroxylation is 1. The van der Waals surface area contributed by atoms with Crippen molar-refractivity contribution in [2.45, 2.75) is 45.6 Å². The Morgan fingerprint density at radius 3 is 2.58 bits per heavy atom. The Morgan fingerprint density at radius 1 is 1.04 bits per heavy atom. The lowest BCUT2D eigenvalue weighted by molar-refractivity contribution is 0.0272. The number of carbonyl (C=O) groups excluding carboxylic acids is 1. The second kappa shape index (κ2) is 15.0. The first kappa shape index (κ1) is 20.4. The summed E-state index contributed by atoms with van der Waals surface area (Å²) in [6, 6.07) is 1.87. The van der Waals surface area contributed by atoms with E-state index in [1.165, 1.54) is 19.3 Å². The van der Waals surface area contributed by atoms with Gasteiger partial charge in [0, 0.05) is 32.1 Å². The van der Waals surface area contributed by atoms with Crippen molar-refractivity contribution in [1.82, 2.24) is 15.1 Å². The fourth-order valence-corrected chi connectivity index (χ4v) is 2.06. The number of aromatic nitrogens is 2. The van der Waals surface area contributed by atoms with Crippen molar-refractivity contribution in [2.24, 2.45) is 0 Å². The lowest BCUT2D eigenvalue weighted by Gasteiger charge is -2.08. The third kappa shape index (κ3) is 11.9. The predicted octanol–water partition coefficient (Wildman–Crippen LogP) is 2.61. The highest BCUT2D eigenvalue weighted by Crippen LogP contribution is 1.98. The van der Waals surface area contributed by atoms with E-state index in [0.29, 0.717) is 26.4 Å². The minimum Gasteiger partial charge on any atom is -0.447 e. The SMILES string of the molecule is CCCCCCOCCOCCOC(=O)NCCCn1cccn1. The number of nitrogens with one attached hydrogen (secondary N) is 1. The number of hydrogen-bond donors (Lipinski definition) is 1. The molecule has 0 saturated carbocycles. The molecule has 0 atom stereocenters. The topological polar surface area (TPSA) is 74.6 Å². The van der Waals surface area contributed by atoms with Crippen molar-refractivity contribution >= 4 is 6.09 Å². The van der Waals surface area contributed by atoms with E-state index < -0.39 is 6.09 Å². The lowest BCUT2D eigenvalue weighted by atomic mass is 10.2. The van der Waals surface area contributed by atoms with Crippen LogP contribution in [-0.2, 0) is 20.8 Å². The highest BCUT2D eigenvalue weighted by atomic mass is 16.6. The summed E-state index contributed by atoms with van der Waals surface area (Å²) in [4.78, 5) is 11.4. The molecule has 1 heterocycles. The zero-order valence-corrected chi connectivity index (χ0v) is 14.7. The summed E-state index contributed by atoms with van der Waals surface area (Å²) in [5.41, 5.74) is 0. The molecule has 7 nitrogen and oxygen atoms in total. The van der Waals surface area contributed by atoms with Gasteiger partial charge >= 0.3 is 6.09 Å². The van der Waals surface area contributed by atoms with Crippen LogP contribution in [0.15, 0.2) is 18.5 Å². The number of alkyl carbamates (subject to hydrolysis) is 1. The second-order valence-corrected chi connectivity index (χ2v) is 5.47. The normalized spacial score (nSPS) is 10.7. The Kier molecular flexibility index (Phi) is 12.7. The van der Waals surface area contributed by atoms with E-state index in [2.05, 4.69) is 17.3 Å². The number of carbonyl (C=O) groups is 1. The maximum Gasteiger partial charge on any atom is 0.407 e. The molecule has 0 saturated heterocycles. The number of unbranched alkanes of at least 4 members (excludes halogenated alkanes) is 3. The quantitative estimate of drug-likeness (QED) is 0.496. The smallest absolute Gasteiger partial charge is 0.407 e. The molecule has 0 aliphatic carbocycles. The third-order valence-electron chi connectivity index (χ3n) is 3.37. The Morgan fingerprint density at radius 2 is 1.83 bits per heavy atom. The van der Waals surface area contributed by atoms with Gasteiger partial charge in [-0.05, 0) is 18.9 Å². The van der Waals surface area contributed by atoms with Crippen LogP contribution in [0.3, 0.4) is 0 Å². The summed E-state index contributed by atoms with van der Waals surface area (Å²) in [6.45, 7) is 6.08. The van der Waals surface area contributed by atoms with Crippen molar-refractivity contribution in [2.75, 3.05) is 39.6 Å². The molecule has 0 unspecified atom stereocenters. The number of hydrogen-bond acceptors (Lipinski definition) is 5. The first-order valence-electron chi connectivity index (χ1n) is 8.86. The molecule has 0 bridgehead atoms. The fraction of sp³-hybridized carbons (Fsp3) is 0.765. The van der Waals surface area contributed by atoms with Crippen LogP contribution < -0.4 is 5.32 Å². The summed E-state index contributed by atoms with van der Waals surface area (Å²) < 4.78 is 17.6. The molecular weight excluding hydrogens is 310 g/mol. The molecule has 0 spiro atoms. The largest absolute Gasteiger partial charge is 0.447 e. The second-order valence-electron chi connectivity index (χ2n) is 5.47. The summed E-state index contributed by atoms with van der Waals surface area (Å²) in [5, 5.41) is 6.79. The third-order valence-corrected chi connectivity index (χ3v) is 3.37. The molecule has 1 amide bonds. The summed E-state index contributed by atoms with van der Waals surface area (Å²) in [6.07, 6.45) is 8.86. The number of nitrogens with zero attached hydrogens (tertiary/aromatic N) is 2. The van der Waals surface area contributed by atoms with Gasteiger partial charge in [0.1, 0.15) is 6.61 Å². The summed E-state index contributed by atoms with van der Waals surface area (Å²) in [7, 11) is 0. The average Bonchev–Trinajstić information content (AvgIpc) is 3.10. The molecule has 138 valence electrons. The van der Waals surface area contributed by atoms with Crippen LogP contribution in [-0.4, -0.2) is 55.5 Å². The van der Waals surface area contributed by atoms with Gasteiger partial charge in [-0.15, -0.1) is 0 Å². The highest BCUT2D eigenvalue weighted by Gasteiger charge is 2.01. The molecule has 0 radical (unpaired) electrons. The molecule has 1 aromatic rings. The zero-order chi connectivity index (χ0) is 17.3. The first-order chi connectivity index (χ1) is 11.8. The summed E-state index contributed by atoms with van der Waals surface area (Å²) >= 11 is 0. The molecule has 0 fully saturated rings. The maximum atomic E-state index is 11.4. The van der Waals surface area contributed by atoms with E-state index in [1.54, 1.807) is 6.20 Å². The number of ether oxygens (including phenoxy) is 3. The van der Waals surface area contributed by atoms with Gasteiger partial charge < -0.3 is 19.5 Å². The summed E-state index contributed by atoms with van der Waals surface area (Å²) in [5.74, 6) is 0. The molecular formula is C17H31N3O4. The van der Waals surface area contributed by atoms with Crippen LogP contribution in [0, 0.1) is 0 Å². The average molecular weight is 341 g/mol. The van der Waals surface area contributed by atoms with Crippen molar-refractivity contribution in [3.63, 3.8) is 0 Å². The molecule has 7 heteroatoms. The van der Waals surface area contributed by atoms with Gasteiger partial charge in [-0.1, -0.05) is 26.2 Å². The van der Waals surface area contributed by atoms with Crippen LogP contribution in [0.4, 0.5) is 4.79 Å². The van der Waals surface area contributed by atoms with Gasteiger partial charge in [0.25, 0.3) is 0 Å². The van der Waals surface area contributed by atoms with Crippen molar-refractivity contribution < 1.29 is 19.0 Å². The molecule has 0 aliphatic heterocycles. The van der Waals surface area contributed by atoms with Gasteiger partial charge in [-0.2, -0.15) is 5.10 Å². The van der Waals surface area contributed by atoms with E-state index in [9.17, 15) is 4.79 Å². The predicted molar refractivity (Wildman–Crippen MR) is 92.0 cm³/mol. The monoisotopic (exact) mass is 341 g/mol. The zero-order valence-electron chi connectivity index (χ0n) is 14.7. The minimum atomic E-state index is -0.411. The highest BCUT2D eigenvalue weighted by molar-refractivity contribution is 5.66. The van der Waals surface area contributed by atoms with E-state index in [0.717, 1.165) is 26.0 Å². The standard InChI is InChI=1S/C17H31N3O4/c1-2-3-4-5-12-22-13-14-23-15-16-24-17(21)18-8-6-10-20-11-7-9-19-20/h7,9,11H,2-6,8,10,12-16H2,1H3,(H,18,21). The molecule has 24 heavy (non-hydrogen) atoms. The van der Waals surface area contributed by atoms with Gasteiger partial charge in [-0.3, -0.25) is 4.68 Å². The van der Waals surface area contributed by atoms with Crippen molar-refractivity contribution in [1.29, 1.82) is 0 Å². The van der Waals surface area contributed by atoms with E-state index in [4.69, 9.17) is 14.2 Å². The van der Waals surface area contributed by atoms with Gasteiger partial charge in [0.2, 0.25) is 0 Å². The number of amides is 1. The van der Waals surface area contributed by atoms with Crippen molar-refractivity contribution in [3.05, 3.63) is 18.5 Å². The van der Waals surface area contributed by atoms with E-state index in [-0.39, 0.29) is 6.61 Å². The Labute approximate surface area is 144 Å². The first-order valence-corrected chi connectivity index (χ1v) is 8.86. The van der Waals surface area contributed by atoms with E-state index in [1.807, 2.05) is 16.9 Å². The molecule has 1 rings (SSSR count). The number of rotatable bonds is 15. The maximum absolute atomic E-state index is 11.4. The van der Waals surface area contributed by atoms with Crippen LogP contribution in [0.1, 0.15) is 39.0 Å². The van der Waals surface area contributed by atoms with Crippen LogP contribution in [0.25, 0.3) is 0 Å². The van der Waals surface area contributed by atoms with Crippen LogP contribution in [0.5, 0.6) is 0 Å². The Balaban J connectivity index is 1.77. The molecule has 1 N–H and O–H groups in total. The molecule has 0 aliphatic rings. The Bertz CT molecular complexity index is 399. The Hall–Kier alpha value is -1.60. The van der Waals surface area contributed by atoms with Crippen LogP contribution >= 0.6 is 0 Å². The van der Waals surface area contributed by atoms with Gasteiger partial charge in [0.15, 0.2) is 0 Å².